The van der Waals surface area contributed by atoms with Crippen LogP contribution >= 0.6 is 11.8 Å². The van der Waals surface area contributed by atoms with E-state index in [9.17, 15) is 0 Å². The molecule has 0 amide bonds. The average Bonchev–Trinajstić information content (AvgIpc) is 4.03. The maximum Gasteiger partial charge on any atom is 0.143 e. The number of fused-ring (bicyclic) bond motifs is 13. The Labute approximate surface area is 415 Å². The molecule has 0 bridgehead atoms. The summed E-state index contributed by atoms with van der Waals surface area (Å²) < 4.78 is 6.67. The zero-order valence-electron chi connectivity index (χ0n) is 38.6. The Morgan fingerprint density at radius 3 is 1.70 bits per heavy atom. The number of benzene rings is 12. The van der Waals surface area contributed by atoms with Crippen molar-refractivity contribution >= 4 is 106 Å². The van der Waals surface area contributed by atoms with Crippen LogP contribution in [0.3, 0.4) is 0 Å². The molecule has 2 heterocycles. The van der Waals surface area contributed by atoms with Gasteiger partial charge in [0, 0.05) is 49.5 Å². The van der Waals surface area contributed by atoms with Gasteiger partial charge in [0.15, 0.2) is 0 Å². The lowest BCUT2D eigenvalue weighted by molar-refractivity contribution is 0.670. The Balaban J connectivity index is 0.830. The van der Waals surface area contributed by atoms with Gasteiger partial charge in [0.25, 0.3) is 0 Å². The smallest absolute Gasteiger partial charge is 0.143 e. The molecule has 1 aliphatic carbocycles. The summed E-state index contributed by atoms with van der Waals surface area (Å²) in [5.74, 6) is 0.339. The van der Waals surface area contributed by atoms with Crippen molar-refractivity contribution in [2.75, 3.05) is 4.90 Å². The van der Waals surface area contributed by atoms with Crippen molar-refractivity contribution in [2.24, 2.45) is 0 Å². The predicted octanol–water partition coefficient (Wildman–Crippen LogP) is 19.2. The molecule has 2 unspecified atom stereocenters. The number of thioether (sulfide) groups is 1. The molecule has 3 heteroatoms. The van der Waals surface area contributed by atoms with Gasteiger partial charge in [-0.15, -0.1) is 11.8 Å². The molecule has 2 aliphatic rings. The lowest BCUT2D eigenvalue weighted by Crippen LogP contribution is -2.18. The number of furan rings is 1. The molecular formula is C68H43NOS. The monoisotopic (exact) mass is 921 g/mol. The van der Waals surface area contributed by atoms with Crippen LogP contribution in [-0.4, -0.2) is 5.25 Å². The number of para-hydroxylation sites is 1. The van der Waals surface area contributed by atoms with Crippen molar-refractivity contribution in [1.82, 2.24) is 0 Å². The summed E-state index contributed by atoms with van der Waals surface area (Å²) >= 11 is 2.02. The fraction of sp³-hybridized carbons (Fsp3) is 0.0294. The first kappa shape index (κ1) is 40.3. The largest absolute Gasteiger partial charge is 0.455 e. The minimum Gasteiger partial charge on any atom is -0.455 e. The van der Waals surface area contributed by atoms with Crippen LogP contribution in [0.4, 0.5) is 17.1 Å². The zero-order chi connectivity index (χ0) is 46.6. The van der Waals surface area contributed by atoms with E-state index in [1.165, 1.54) is 92.3 Å². The Hall–Kier alpha value is -8.63. The van der Waals surface area contributed by atoms with Gasteiger partial charge in [0.05, 0.1) is 0 Å². The van der Waals surface area contributed by atoms with Crippen molar-refractivity contribution < 1.29 is 4.42 Å². The first-order valence-corrected chi connectivity index (χ1v) is 25.4. The first-order chi connectivity index (χ1) is 35.1. The summed E-state index contributed by atoms with van der Waals surface area (Å²) in [6, 6.07) is 89.4. The molecule has 0 spiro atoms. The minimum absolute atomic E-state index is 0.329. The van der Waals surface area contributed by atoms with Crippen molar-refractivity contribution in [3.63, 3.8) is 0 Å². The molecular weight excluding hydrogens is 879 g/mol. The molecule has 1 aliphatic heterocycles. The highest BCUT2D eigenvalue weighted by atomic mass is 32.2. The van der Waals surface area contributed by atoms with E-state index in [1.807, 2.05) is 11.8 Å². The Morgan fingerprint density at radius 2 is 0.944 bits per heavy atom. The molecule has 0 N–H and O–H groups in total. The molecule has 0 radical (unpaired) electrons. The van der Waals surface area contributed by atoms with Crippen molar-refractivity contribution in [3.8, 4) is 22.3 Å². The van der Waals surface area contributed by atoms with E-state index in [0.29, 0.717) is 11.2 Å². The van der Waals surface area contributed by atoms with Crippen LogP contribution in [0.1, 0.15) is 28.2 Å². The normalized spacial score (nSPS) is 15.1. The van der Waals surface area contributed by atoms with Gasteiger partial charge < -0.3 is 9.32 Å². The Bertz CT molecular complexity index is 4350. The van der Waals surface area contributed by atoms with E-state index in [-0.39, 0.29) is 0 Å². The lowest BCUT2D eigenvalue weighted by atomic mass is 9.77. The quantitative estimate of drug-likeness (QED) is 0.165. The molecule has 0 fully saturated rings. The van der Waals surface area contributed by atoms with Gasteiger partial charge in [0.2, 0.25) is 0 Å². The van der Waals surface area contributed by atoms with E-state index < -0.39 is 0 Å². The molecule has 2 atom stereocenters. The molecule has 71 heavy (non-hydrogen) atoms. The Kier molecular flexibility index (Phi) is 9.06. The van der Waals surface area contributed by atoms with Gasteiger partial charge >= 0.3 is 0 Å². The van der Waals surface area contributed by atoms with Crippen LogP contribution < -0.4 is 4.90 Å². The van der Waals surface area contributed by atoms with Crippen LogP contribution in [0, 0.1) is 0 Å². The van der Waals surface area contributed by atoms with E-state index in [0.717, 1.165) is 44.7 Å². The summed E-state index contributed by atoms with van der Waals surface area (Å²) in [6.45, 7) is 0. The first-order valence-electron chi connectivity index (χ1n) is 24.5. The molecule has 0 saturated heterocycles. The average molecular weight is 922 g/mol. The molecule has 332 valence electrons. The second-order valence-electron chi connectivity index (χ2n) is 19.2. The van der Waals surface area contributed by atoms with Gasteiger partial charge in [-0.1, -0.05) is 176 Å². The molecule has 0 saturated carbocycles. The van der Waals surface area contributed by atoms with Crippen LogP contribution in [0.15, 0.2) is 252 Å². The topological polar surface area (TPSA) is 16.4 Å². The minimum atomic E-state index is 0.329. The standard InChI is InChI=1S/C68H43NOS/c1-2-11-42(12-3-1)44-21-22-48-38-54(31-27-45(48)35-44)69(55-32-28-46-36-52(25-23-49(46)39-55)59-18-10-19-61-65-57-15-6-4-13-43(57)30-34-63(65)70-67(59)61)56-33-29-47-37-53(26-24-50(47)40-56)62-41-51-14-5-7-16-58(51)66-60-17-8-9-20-64(60)71-68(62)66/h1-41,66,68H. The second kappa shape index (κ2) is 16.0. The van der Waals surface area contributed by atoms with E-state index >= 15 is 0 Å². The van der Waals surface area contributed by atoms with E-state index in [2.05, 4.69) is 254 Å². The van der Waals surface area contributed by atoms with Crippen molar-refractivity contribution in [1.29, 1.82) is 0 Å². The predicted molar refractivity (Wildman–Crippen MR) is 302 cm³/mol. The number of nitrogens with zero attached hydrogens (tertiary/aromatic N) is 1. The maximum absolute atomic E-state index is 6.67. The number of anilines is 3. The third-order valence-corrected chi connectivity index (χ3v) is 16.5. The highest BCUT2D eigenvalue weighted by molar-refractivity contribution is 8.00. The van der Waals surface area contributed by atoms with Gasteiger partial charge in [-0.05, 0) is 160 Å². The van der Waals surface area contributed by atoms with Gasteiger partial charge in [-0.2, -0.15) is 0 Å². The molecule has 13 aromatic rings. The summed E-state index contributed by atoms with van der Waals surface area (Å²) in [7, 11) is 0. The number of rotatable bonds is 6. The highest BCUT2D eigenvalue weighted by Crippen LogP contribution is 2.57. The highest BCUT2D eigenvalue weighted by Gasteiger charge is 2.40. The van der Waals surface area contributed by atoms with E-state index in [1.54, 1.807) is 0 Å². The van der Waals surface area contributed by atoms with Crippen LogP contribution in [0.5, 0.6) is 0 Å². The van der Waals surface area contributed by atoms with Crippen molar-refractivity contribution in [2.45, 2.75) is 16.1 Å². The fourth-order valence-corrected chi connectivity index (χ4v) is 13.2. The van der Waals surface area contributed by atoms with E-state index in [4.69, 9.17) is 4.42 Å². The summed E-state index contributed by atoms with van der Waals surface area (Å²) in [5, 5.41) is 12.3. The lowest BCUT2D eigenvalue weighted by Gasteiger charge is -2.29. The molecule has 1 aromatic heterocycles. The third kappa shape index (κ3) is 6.58. The second-order valence-corrected chi connectivity index (χ2v) is 20.4. The van der Waals surface area contributed by atoms with Crippen molar-refractivity contribution in [3.05, 3.63) is 265 Å². The van der Waals surface area contributed by atoms with Gasteiger partial charge in [-0.3, -0.25) is 0 Å². The maximum atomic E-state index is 6.67. The molecule has 12 aromatic carbocycles. The fourth-order valence-electron chi connectivity index (χ4n) is 11.7. The van der Waals surface area contributed by atoms with Gasteiger partial charge in [0.1, 0.15) is 11.2 Å². The summed E-state index contributed by atoms with van der Waals surface area (Å²) in [4.78, 5) is 3.81. The van der Waals surface area contributed by atoms with Crippen LogP contribution in [-0.2, 0) is 0 Å². The Morgan fingerprint density at radius 1 is 0.380 bits per heavy atom. The third-order valence-electron chi connectivity index (χ3n) is 15.1. The molecule has 15 rings (SSSR count). The zero-order valence-corrected chi connectivity index (χ0v) is 39.4. The SMILES string of the molecule is C1=C(c2ccc3cc(N(c4ccc5cc(-c6ccccc6)ccc5c4)c4ccc5cc(-c6cccc7c6oc6ccc8ccccc8c67)ccc5c4)ccc3c2)C2Sc3ccccc3C2c2ccccc21. The molecule has 2 nitrogen and oxygen atoms in total. The van der Waals surface area contributed by atoms with Gasteiger partial charge in [-0.25, -0.2) is 0 Å². The van der Waals surface area contributed by atoms with Crippen LogP contribution in [0.2, 0.25) is 0 Å². The summed E-state index contributed by atoms with van der Waals surface area (Å²) in [6.07, 6.45) is 2.44. The number of hydrogen-bond acceptors (Lipinski definition) is 3. The van der Waals surface area contributed by atoms with Crippen LogP contribution in [0.25, 0.3) is 98.9 Å². The summed E-state index contributed by atoms with van der Waals surface area (Å²) in [5.41, 5.74) is 16.7. The number of hydrogen-bond donors (Lipinski definition) is 0.